The van der Waals surface area contributed by atoms with E-state index in [2.05, 4.69) is 35.7 Å². The van der Waals surface area contributed by atoms with E-state index in [0.29, 0.717) is 13.0 Å². The molecule has 1 saturated heterocycles. The summed E-state index contributed by atoms with van der Waals surface area (Å²) < 4.78 is 1.63. The van der Waals surface area contributed by atoms with Gasteiger partial charge >= 0.3 is 0 Å². The van der Waals surface area contributed by atoms with Gasteiger partial charge in [-0.25, -0.2) is 14.6 Å². The Balaban J connectivity index is 1.43. The van der Waals surface area contributed by atoms with Crippen LogP contribution in [0.15, 0.2) is 24.8 Å². The Morgan fingerprint density at radius 3 is 3.00 bits per heavy atom. The van der Waals surface area contributed by atoms with Crippen molar-refractivity contribution >= 4 is 11.9 Å². The molecule has 2 aromatic heterocycles. The lowest BCUT2D eigenvalue weighted by Gasteiger charge is -2.33. The van der Waals surface area contributed by atoms with Gasteiger partial charge in [0.15, 0.2) is 0 Å². The van der Waals surface area contributed by atoms with Crippen LogP contribution in [0.4, 0.5) is 5.95 Å². The first-order valence-electron chi connectivity index (χ1n) is 7.83. The van der Waals surface area contributed by atoms with Gasteiger partial charge in [0.1, 0.15) is 6.33 Å². The third-order valence-electron chi connectivity index (χ3n) is 3.80. The summed E-state index contributed by atoms with van der Waals surface area (Å²) in [6.45, 7) is 2.33. The van der Waals surface area contributed by atoms with Crippen molar-refractivity contribution < 1.29 is 4.79 Å². The first kappa shape index (κ1) is 15.3. The van der Waals surface area contributed by atoms with Crippen molar-refractivity contribution in [3.05, 3.63) is 24.8 Å². The number of nitrogens with one attached hydrogen (secondary N) is 1. The van der Waals surface area contributed by atoms with Crippen LogP contribution in [0, 0.1) is 0 Å². The topological polar surface area (TPSA) is 102 Å². The van der Waals surface area contributed by atoms with Gasteiger partial charge in [0, 0.05) is 44.5 Å². The van der Waals surface area contributed by atoms with Gasteiger partial charge in [0.05, 0.1) is 0 Å². The third kappa shape index (κ3) is 4.44. The molecule has 0 unspecified atom stereocenters. The smallest absolute Gasteiger partial charge is 0.225 e. The number of piperidine rings is 1. The molecule has 9 nitrogen and oxygen atoms in total. The predicted octanol–water partition coefficient (Wildman–Crippen LogP) is 0.0285. The van der Waals surface area contributed by atoms with E-state index < -0.39 is 0 Å². The molecule has 1 aliphatic heterocycles. The number of aryl methyl sites for hydroxylation is 1. The average molecular weight is 316 g/mol. The first-order valence-corrected chi connectivity index (χ1v) is 7.83. The van der Waals surface area contributed by atoms with Gasteiger partial charge in [0.25, 0.3) is 0 Å². The van der Waals surface area contributed by atoms with Gasteiger partial charge in [-0.05, 0) is 35.8 Å². The fraction of sp³-hybridized carbons (Fsp3) is 0.571. The fourth-order valence-electron chi connectivity index (χ4n) is 2.72. The Bertz CT molecular complexity index is 603. The maximum Gasteiger partial charge on any atom is 0.225 e. The van der Waals surface area contributed by atoms with E-state index >= 15 is 0 Å². The third-order valence-corrected chi connectivity index (χ3v) is 3.80. The van der Waals surface area contributed by atoms with Crippen molar-refractivity contribution in [2.75, 3.05) is 18.0 Å². The number of aromatic nitrogens is 6. The Kier molecular flexibility index (Phi) is 5.07. The highest BCUT2D eigenvalue weighted by Crippen LogP contribution is 2.15. The highest BCUT2D eigenvalue weighted by molar-refractivity contribution is 5.76. The molecule has 0 radical (unpaired) electrons. The molecular formula is C14H20N8O. The summed E-state index contributed by atoms with van der Waals surface area (Å²) in [6, 6.07) is 1.95. The summed E-state index contributed by atoms with van der Waals surface area (Å²) in [6.07, 6.45) is 8.23. The summed E-state index contributed by atoms with van der Waals surface area (Å²) in [5.74, 6) is 0.795. The maximum atomic E-state index is 12.1. The fourth-order valence-corrected chi connectivity index (χ4v) is 2.72. The first-order chi connectivity index (χ1) is 11.3. The zero-order valence-electron chi connectivity index (χ0n) is 12.9. The minimum atomic E-state index is 0.0684. The lowest BCUT2D eigenvalue weighted by Crippen LogP contribution is -2.48. The zero-order chi connectivity index (χ0) is 15.9. The molecule has 3 heterocycles. The predicted molar refractivity (Wildman–Crippen MR) is 82.5 cm³/mol. The normalized spacial score (nSPS) is 17.9. The number of nitrogens with zero attached hydrogens (tertiary/aromatic N) is 7. The Labute approximate surface area is 134 Å². The summed E-state index contributed by atoms with van der Waals surface area (Å²) in [7, 11) is 0. The monoisotopic (exact) mass is 316 g/mol. The van der Waals surface area contributed by atoms with Crippen molar-refractivity contribution in [1.82, 2.24) is 35.5 Å². The summed E-state index contributed by atoms with van der Waals surface area (Å²) >= 11 is 0. The van der Waals surface area contributed by atoms with Crippen molar-refractivity contribution in [3.8, 4) is 0 Å². The molecule has 0 spiro atoms. The highest BCUT2D eigenvalue weighted by Gasteiger charge is 2.22. The van der Waals surface area contributed by atoms with Crippen LogP contribution in [0.1, 0.15) is 25.7 Å². The van der Waals surface area contributed by atoms with E-state index in [4.69, 9.17) is 0 Å². The zero-order valence-corrected chi connectivity index (χ0v) is 12.9. The number of rotatable bonds is 6. The van der Waals surface area contributed by atoms with E-state index in [9.17, 15) is 4.79 Å². The van der Waals surface area contributed by atoms with E-state index in [0.717, 1.165) is 38.3 Å². The quantitative estimate of drug-likeness (QED) is 0.802. The number of carbonyl (C=O) groups is 1. The molecule has 1 amide bonds. The molecule has 0 aliphatic carbocycles. The molecule has 1 atom stereocenters. The number of tetrazole rings is 1. The number of amides is 1. The standard InChI is InChI=1S/C14H20N8O/c23-13(5-2-9-22-11-17-19-20-22)18-12-4-1-8-21(10-12)14-15-6-3-7-16-14/h3,6-7,11-12H,1-2,4-5,8-10H2,(H,18,23)/t12-/m1/s1. The van der Waals surface area contributed by atoms with Crippen LogP contribution in [0.25, 0.3) is 0 Å². The van der Waals surface area contributed by atoms with Crippen LogP contribution in [0.2, 0.25) is 0 Å². The minimum Gasteiger partial charge on any atom is -0.352 e. The molecule has 122 valence electrons. The summed E-state index contributed by atoms with van der Waals surface area (Å²) in [5, 5.41) is 14.0. The molecule has 1 aliphatic rings. The number of hydrogen-bond acceptors (Lipinski definition) is 7. The second kappa shape index (κ2) is 7.61. The van der Waals surface area contributed by atoms with Crippen LogP contribution in [-0.4, -0.2) is 55.2 Å². The van der Waals surface area contributed by atoms with Gasteiger partial charge in [-0.2, -0.15) is 0 Å². The molecule has 0 aromatic carbocycles. The van der Waals surface area contributed by atoms with Gasteiger partial charge in [-0.1, -0.05) is 0 Å². The van der Waals surface area contributed by atoms with E-state index in [-0.39, 0.29) is 11.9 Å². The lowest BCUT2D eigenvalue weighted by molar-refractivity contribution is -0.122. The summed E-state index contributed by atoms with van der Waals surface area (Å²) in [5.41, 5.74) is 0. The SMILES string of the molecule is O=C(CCCn1cnnn1)N[C@@H]1CCCN(c2ncccn2)C1. The molecule has 23 heavy (non-hydrogen) atoms. The molecule has 1 fully saturated rings. The number of anilines is 1. The second-order valence-corrected chi connectivity index (χ2v) is 5.58. The van der Waals surface area contributed by atoms with Gasteiger partial charge in [0.2, 0.25) is 11.9 Å². The minimum absolute atomic E-state index is 0.0684. The number of carbonyl (C=O) groups excluding carboxylic acids is 1. The van der Waals surface area contributed by atoms with Crippen molar-refractivity contribution in [3.63, 3.8) is 0 Å². The van der Waals surface area contributed by atoms with Crippen LogP contribution in [0.3, 0.4) is 0 Å². The molecular weight excluding hydrogens is 296 g/mol. The van der Waals surface area contributed by atoms with Gasteiger partial charge in [-0.3, -0.25) is 4.79 Å². The van der Waals surface area contributed by atoms with Crippen LogP contribution < -0.4 is 10.2 Å². The second-order valence-electron chi connectivity index (χ2n) is 5.58. The largest absolute Gasteiger partial charge is 0.352 e. The molecule has 0 saturated carbocycles. The van der Waals surface area contributed by atoms with Crippen LogP contribution in [-0.2, 0) is 11.3 Å². The Morgan fingerprint density at radius 1 is 1.35 bits per heavy atom. The van der Waals surface area contributed by atoms with Gasteiger partial charge in [-0.15, -0.1) is 5.10 Å². The summed E-state index contributed by atoms with van der Waals surface area (Å²) in [4.78, 5) is 22.7. The maximum absolute atomic E-state index is 12.1. The molecule has 3 rings (SSSR count). The van der Waals surface area contributed by atoms with Crippen molar-refractivity contribution in [1.29, 1.82) is 0 Å². The Morgan fingerprint density at radius 2 is 2.22 bits per heavy atom. The molecule has 1 N–H and O–H groups in total. The van der Waals surface area contributed by atoms with E-state index in [1.807, 2.05) is 0 Å². The Hall–Kier alpha value is -2.58. The van der Waals surface area contributed by atoms with Crippen molar-refractivity contribution in [2.24, 2.45) is 0 Å². The molecule has 2 aromatic rings. The van der Waals surface area contributed by atoms with Crippen LogP contribution in [0.5, 0.6) is 0 Å². The average Bonchev–Trinajstić information content (AvgIpc) is 3.09. The van der Waals surface area contributed by atoms with Crippen LogP contribution >= 0.6 is 0 Å². The molecule has 9 heteroatoms. The van der Waals surface area contributed by atoms with E-state index in [1.165, 1.54) is 0 Å². The number of hydrogen-bond donors (Lipinski definition) is 1. The van der Waals surface area contributed by atoms with E-state index in [1.54, 1.807) is 29.5 Å². The lowest BCUT2D eigenvalue weighted by atomic mass is 10.1. The highest BCUT2D eigenvalue weighted by atomic mass is 16.1. The molecule has 0 bridgehead atoms. The van der Waals surface area contributed by atoms with Crippen molar-refractivity contribution in [2.45, 2.75) is 38.3 Å². The van der Waals surface area contributed by atoms with Gasteiger partial charge < -0.3 is 10.2 Å².